The SMILES string of the molecule is CCNC(=NCCc1ccc(C)cc1)N1CCN(C(=O)C2CCCO2)CC1.I. The van der Waals surface area contributed by atoms with E-state index < -0.39 is 0 Å². The molecule has 0 spiro atoms. The van der Waals surface area contributed by atoms with Crippen molar-refractivity contribution in [3.63, 3.8) is 0 Å². The van der Waals surface area contributed by atoms with Gasteiger partial charge in [-0.3, -0.25) is 9.79 Å². The topological polar surface area (TPSA) is 57.2 Å². The van der Waals surface area contributed by atoms with E-state index in [0.29, 0.717) is 6.61 Å². The van der Waals surface area contributed by atoms with Crippen LogP contribution in [-0.4, -0.2) is 73.6 Å². The Hall–Kier alpha value is -1.35. The van der Waals surface area contributed by atoms with Gasteiger partial charge in [0.2, 0.25) is 0 Å². The zero-order valence-corrected chi connectivity index (χ0v) is 19.4. The van der Waals surface area contributed by atoms with Crippen molar-refractivity contribution in [1.82, 2.24) is 15.1 Å². The fourth-order valence-corrected chi connectivity index (χ4v) is 3.59. The van der Waals surface area contributed by atoms with Crippen molar-refractivity contribution < 1.29 is 9.53 Å². The van der Waals surface area contributed by atoms with Gasteiger partial charge in [0, 0.05) is 45.9 Å². The smallest absolute Gasteiger partial charge is 0.251 e. The van der Waals surface area contributed by atoms with Crippen molar-refractivity contribution in [2.24, 2.45) is 4.99 Å². The average Bonchev–Trinajstić information content (AvgIpc) is 3.23. The molecule has 156 valence electrons. The lowest BCUT2D eigenvalue weighted by Gasteiger charge is -2.37. The molecular formula is C21H33IN4O2. The van der Waals surface area contributed by atoms with E-state index in [1.54, 1.807) is 0 Å². The predicted octanol–water partition coefficient (Wildman–Crippen LogP) is 2.44. The van der Waals surface area contributed by atoms with Crippen LogP contribution in [-0.2, 0) is 16.0 Å². The van der Waals surface area contributed by atoms with Gasteiger partial charge in [-0.25, -0.2) is 0 Å². The number of nitrogens with zero attached hydrogens (tertiary/aromatic N) is 3. The molecule has 28 heavy (non-hydrogen) atoms. The van der Waals surface area contributed by atoms with Crippen LogP contribution in [0.5, 0.6) is 0 Å². The molecule has 1 aromatic rings. The van der Waals surface area contributed by atoms with Gasteiger partial charge in [-0.05, 0) is 38.7 Å². The highest BCUT2D eigenvalue weighted by atomic mass is 127. The Morgan fingerprint density at radius 2 is 1.86 bits per heavy atom. The van der Waals surface area contributed by atoms with Crippen molar-refractivity contribution in [3.8, 4) is 0 Å². The van der Waals surface area contributed by atoms with Gasteiger partial charge in [-0.2, -0.15) is 0 Å². The van der Waals surface area contributed by atoms with Gasteiger partial charge in [0.05, 0.1) is 0 Å². The highest BCUT2D eigenvalue weighted by Gasteiger charge is 2.30. The number of ether oxygens (including phenoxy) is 1. The Bertz CT molecular complexity index is 636. The van der Waals surface area contributed by atoms with Crippen LogP contribution in [0.4, 0.5) is 0 Å². The summed E-state index contributed by atoms with van der Waals surface area (Å²) in [5.74, 6) is 1.11. The second kappa shape index (κ2) is 11.6. The molecule has 2 heterocycles. The second-order valence-electron chi connectivity index (χ2n) is 7.29. The molecule has 1 N–H and O–H groups in total. The van der Waals surface area contributed by atoms with E-state index in [4.69, 9.17) is 9.73 Å². The number of aryl methyl sites for hydroxylation is 1. The Labute approximate surface area is 185 Å². The third kappa shape index (κ3) is 6.34. The summed E-state index contributed by atoms with van der Waals surface area (Å²) >= 11 is 0. The maximum atomic E-state index is 12.5. The van der Waals surface area contributed by atoms with Crippen molar-refractivity contribution in [3.05, 3.63) is 35.4 Å². The minimum Gasteiger partial charge on any atom is -0.368 e. The van der Waals surface area contributed by atoms with Crippen LogP contribution in [0.3, 0.4) is 0 Å². The largest absolute Gasteiger partial charge is 0.368 e. The first-order valence-corrected chi connectivity index (χ1v) is 10.2. The summed E-state index contributed by atoms with van der Waals surface area (Å²) in [6.45, 7) is 9.63. The number of carbonyl (C=O) groups excluding carboxylic acids is 1. The van der Waals surface area contributed by atoms with E-state index in [9.17, 15) is 4.79 Å². The van der Waals surface area contributed by atoms with Crippen LogP contribution in [0.15, 0.2) is 29.3 Å². The summed E-state index contributed by atoms with van der Waals surface area (Å²) in [6, 6.07) is 8.64. The molecule has 2 fully saturated rings. The zero-order valence-electron chi connectivity index (χ0n) is 17.0. The van der Waals surface area contributed by atoms with Crippen LogP contribution in [0, 0.1) is 6.92 Å². The average molecular weight is 500 g/mol. The van der Waals surface area contributed by atoms with Gasteiger partial charge in [0.25, 0.3) is 5.91 Å². The van der Waals surface area contributed by atoms with Crippen LogP contribution < -0.4 is 5.32 Å². The normalized spacial score (nSPS) is 20.1. The van der Waals surface area contributed by atoms with Crippen LogP contribution in [0.2, 0.25) is 0 Å². The summed E-state index contributed by atoms with van der Waals surface area (Å²) in [7, 11) is 0. The van der Waals surface area contributed by atoms with Gasteiger partial charge < -0.3 is 19.9 Å². The molecule has 2 aliphatic rings. The molecule has 0 aromatic heterocycles. The molecule has 3 rings (SSSR count). The van der Waals surface area contributed by atoms with Crippen LogP contribution in [0.1, 0.15) is 30.9 Å². The Morgan fingerprint density at radius 3 is 2.46 bits per heavy atom. The number of guanidine groups is 1. The lowest BCUT2D eigenvalue weighted by molar-refractivity contribution is -0.142. The van der Waals surface area contributed by atoms with Gasteiger partial charge in [-0.1, -0.05) is 29.8 Å². The Kier molecular flexibility index (Phi) is 9.50. The number of nitrogens with one attached hydrogen (secondary N) is 1. The molecule has 1 amide bonds. The molecule has 1 unspecified atom stereocenters. The minimum atomic E-state index is -0.215. The van der Waals surface area contributed by atoms with Crippen LogP contribution in [0.25, 0.3) is 0 Å². The molecule has 7 heteroatoms. The number of piperazine rings is 1. The molecule has 0 bridgehead atoms. The third-order valence-corrected chi connectivity index (χ3v) is 5.21. The molecule has 2 aliphatic heterocycles. The second-order valence-corrected chi connectivity index (χ2v) is 7.29. The van der Waals surface area contributed by atoms with Crippen LogP contribution >= 0.6 is 24.0 Å². The molecule has 2 saturated heterocycles. The fourth-order valence-electron chi connectivity index (χ4n) is 3.59. The number of hydrogen-bond acceptors (Lipinski definition) is 3. The maximum Gasteiger partial charge on any atom is 0.251 e. The summed E-state index contributed by atoms with van der Waals surface area (Å²) in [6.07, 6.45) is 2.58. The lowest BCUT2D eigenvalue weighted by Crippen LogP contribution is -2.55. The van der Waals surface area contributed by atoms with Crippen molar-refractivity contribution in [1.29, 1.82) is 0 Å². The molecule has 0 aliphatic carbocycles. The standard InChI is InChI=1S/C21H32N4O2.HI/c1-3-22-21(23-11-10-18-8-6-17(2)7-9-18)25-14-12-24(13-15-25)20(26)19-5-4-16-27-19;/h6-9,19H,3-5,10-16H2,1-2H3,(H,22,23);1H. The first-order chi connectivity index (χ1) is 13.2. The lowest BCUT2D eigenvalue weighted by atomic mass is 10.1. The van der Waals surface area contributed by atoms with Gasteiger partial charge in [-0.15, -0.1) is 24.0 Å². The molecule has 6 nitrogen and oxygen atoms in total. The monoisotopic (exact) mass is 500 g/mol. The quantitative estimate of drug-likeness (QED) is 0.384. The summed E-state index contributed by atoms with van der Waals surface area (Å²) in [5.41, 5.74) is 2.60. The number of rotatable bonds is 5. The number of hydrogen-bond donors (Lipinski definition) is 1. The van der Waals surface area contributed by atoms with E-state index in [0.717, 1.165) is 64.5 Å². The summed E-state index contributed by atoms with van der Waals surface area (Å²) < 4.78 is 5.54. The third-order valence-electron chi connectivity index (χ3n) is 5.21. The van der Waals surface area contributed by atoms with E-state index in [1.165, 1.54) is 11.1 Å². The first-order valence-electron chi connectivity index (χ1n) is 10.2. The molecule has 1 aromatic carbocycles. The Morgan fingerprint density at radius 1 is 1.18 bits per heavy atom. The predicted molar refractivity (Wildman–Crippen MR) is 123 cm³/mol. The molecule has 1 atom stereocenters. The molecule has 0 saturated carbocycles. The van der Waals surface area contributed by atoms with Crippen molar-refractivity contribution in [2.75, 3.05) is 45.9 Å². The summed E-state index contributed by atoms with van der Waals surface area (Å²) in [5, 5.41) is 3.39. The number of carbonyl (C=O) groups is 1. The number of aliphatic imine (C=N–C) groups is 1. The van der Waals surface area contributed by atoms with E-state index in [2.05, 4.69) is 48.3 Å². The molecular weight excluding hydrogens is 467 g/mol. The van der Waals surface area contributed by atoms with E-state index >= 15 is 0 Å². The van der Waals surface area contributed by atoms with Gasteiger partial charge in [0.1, 0.15) is 6.10 Å². The highest BCUT2D eigenvalue weighted by molar-refractivity contribution is 14.0. The van der Waals surface area contributed by atoms with Gasteiger partial charge >= 0.3 is 0 Å². The number of halogens is 1. The number of amides is 1. The number of benzene rings is 1. The Balaban J connectivity index is 0.00000280. The van der Waals surface area contributed by atoms with Crippen molar-refractivity contribution in [2.45, 2.75) is 39.2 Å². The van der Waals surface area contributed by atoms with Crippen molar-refractivity contribution >= 4 is 35.8 Å². The maximum absolute atomic E-state index is 12.5. The highest BCUT2D eigenvalue weighted by Crippen LogP contribution is 2.16. The van der Waals surface area contributed by atoms with E-state index in [-0.39, 0.29) is 36.0 Å². The molecule has 0 radical (unpaired) electrons. The first kappa shape index (κ1) is 22.9. The zero-order chi connectivity index (χ0) is 19.1. The summed E-state index contributed by atoms with van der Waals surface area (Å²) in [4.78, 5) is 21.5. The van der Waals surface area contributed by atoms with E-state index in [1.807, 2.05) is 4.90 Å². The fraction of sp³-hybridized carbons (Fsp3) is 0.619. The minimum absolute atomic E-state index is 0. The van der Waals surface area contributed by atoms with Gasteiger partial charge in [0.15, 0.2) is 5.96 Å².